The lowest BCUT2D eigenvalue weighted by Gasteiger charge is -2.25. The summed E-state index contributed by atoms with van der Waals surface area (Å²) in [4.78, 5) is 14.6. The smallest absolute Gasteiger partial charge is 0.254 e. The first-order chi connectivity index (χ1) is 10.6. The Morgan fingerprint density at radius 1 is 1.14 bits per heavy atom. The van der Waals surface area contributed by atoms with Crippen molar-refractivity contribution in [2.45, 2.75) is 19.4 Å². The normalized spacial score (nSPS) is 16.6. The van der Waals surface area contributed by atoms with Crippen molar-refractivity contribution in [2.75, 3.05) is 13.6 Å². The van der Waals surface area contributed by atoms with Crippen molar-refractivity contribution in [3.8, 4) is 11.1 Å². The molecule has 0 amide bonds. The van der Waals surface area contributed by atoms with Crippen molar-refractivity contribution in [3.63, 3.8) is 0 Å². The van der Waals surface area contributed by atoms with E-state index < -0.39 is 0 Å². The van der Waals surface area contributed by atoms with Gasteiger partial charge in [-0.25, -0.2) is 0 Å². The van der Waals surface area contributed by atoms with E-state index in [1.807, 2.05) is 13.2 Å². The van der Waals surface area contributed by atoms with Crippen molar-refractivity contribution in [1.82, 2.24) is 9.47 Å². The van der Waals surface area contributed by atoms with Crippen LogP contribution in [0.5, 0.6) is 0 Å². The lowest BCUT2D eigenvalue weighted by atomic mass is 9.93. The third-order valence-corrected chi connectivity index (χ3v) is 4.84. The molecule has 0 saturated heterocycles. The number of fused-ring (bicyclic) bond motifs is 2. The number of rotatable bonds is 1. The first-order valence-corrected chi connectivity index (χ1v) is 7.83. The van der Waals surface area contributed by atoms with Crippen molar-refractivity contribution < 1.29 is 0 Å². The second kappa shape index (κ2) is 4.96. The monoisotopic (exact) mass is 292 g/mol. The molecule has 0 fully saturated rings. The molecule has 2 heterocycles. The fourth-order valence-electron chi connectivity index (χ4n) is 3.59. The SMILES string of the molecule is CN1CCc2cc(-c3cn(C)c(=O)c4c3C=CC4)ccc2C1. The Labute approximate surface area is 130 Å². The van der Waals surface area contributed by atoms with Gasteiger partial charge in [0, 0.05) is 37.5 Å². The molecule has 22 heavy (non-hydrogen) atoms. The van der Waals surface area contributed by atoms with Gasteiger partial charge in [0.25, 0.3) is 5.56 Å². The number of likely N-dealkylation sites (N-methyl/N-ethyl adjacent to an activating group) is 1. The number of nitrogens with zero attached hydrogens (tertiary/aromatic N) is 2. The molecule has 0 bridgehead atoms. The molecular formula is C19H20N2O. The fourth-order valence-corrected chi connectivity index (χ4v) is 3.59. The number of aromatic nitrogens is 1. The van der Waals surface area contributed by atoms with Crippen LogP contribution < -0.4 is 5.56 Å². The van der Waals surface area contributed by atoms with E-state index in [2.05, 4.69) is 42.3 Å². The maximum Gasteiger partial charge on any atom is 0.254 e. The average Bonchev–Trinajstić information content (AvgIpc) is 3.00. The third kappa shape index (κ3) is 2.04. The molecule has 1 aliphatic carbocycles. The van der Waals surface area contributed by atoms with E-state index in [1.54, 1.807) is 4.57 Å². The number of benzene rings is 1. The number of hydrogen-bond donors (Lipinski definition) is 0. The molecule has 3 nitrogen and oxygen atoms in total. The summed E-state index contributed by atoms with van der Waals surface area (Å²) >= 11 is 0. The van der Waals surface area contributed by atoms with Gasteiger partial charge in [0.1, 0.15) is 0 Å². The van der Waals surface area contributed by atoms with Gasteiger partial charge in [-0.15, -0.1) is 0 Å². The molecular weight excluding hydrogens is 272 g/mol. The molecule has 4 rings (SSSR count). The maximum atomic E-state index is 12.2. The second-order valence-corrected chi connectivity index (χ2v) is 6.43. The molecule has 0 N–H and O–H groups in total. The van der Waals surface area contributed by atoms with Gasteiger partial charge in [0.05, 0.1) is 0 Å². The largest absolute Gasteiger partial charge is 0.318 e. The van der Waals surface area contributed by atoms with Crippen LogP contribution in [0.25, 0.3) is 17.2 Å². The molecule has 0 unspecified atom stereocenters. The van der Waals surface area contributed by atoms with Crippen molar-refractivity contribution in [1.29, 1.82) is 0 Å². The number of hydrogen-bond acceptors (Lipinski definition) is 2. The third-order valence-electron chi connectivity index (χ3n) is 4.84. The topological polar surface area (TPSA) is 25.2 Å². The van der Waals surface area contributed by atoms with Crippen LogP contribution in [0, 0.1) is 0 Å². The lowest BCUT2D eigenvalue weighted by Crippen LogP contribution is -2.26. The molecule has 112 valence electrons. The predicted molar refractivity (Wildman–Crippen MR) is 89.9 cm³/mol. The van der Waals surface area contributed by atoms with E-state index in [-0.39, 0.29) is 5.56 Å². The molecule has 3 heteroatoms. The van der Waals surface area contributed by atoms with Gasteiger partial charge in [0.2, 0.25) is 0 Å². The minimum atomic E-state index is 0.128. The van der Waals surface area contributed by atoms with Gasteiger partial charge in [-0.3, -0.25) is 4.79 Å². The van der Waals surface area contributed by atoms with Crippen LogP contribution in [-0.2, 0) is 26.4 Å². The summed E-state index contributed by atoms with van der Waals surface area (Å²) in [7, 11) is 4.01. The molecule has 0 spiro atoms. The zero-order chi connectivity index (χ0) is 15.3. The minimum Gasteiger partial charge on any atom is -0.318 e. The van der Waals surface area contributed by atoms with Crippen molar-refractivity contribution >= 4 is 6.08 Å². The van der Waals surface area contributed by atoms with Crippen LogP contribution in [-0.4, -0.2) is 23.1 Å². The van der Waals surface area contributed by atoms with Crippen LogP contribution in [0.15, 0.2) is 35.3 Å². The Morgan fingerprint density at radius 2 is 2.00 bits per heavy atom. The molecule has 2 aliphatic rings. The van der Waals surface area contributed by atoms with Gasteiger partial charge >= 0.3 is 0 Å². The summed E-state index contributed by atoms with van der Waals surface area (Å²) in [6.07, 6.45) is 8.02. The van der Waals surface area contributed by atoms with E-state index >= 15 is 0 Å². The zero-order valence-corrected chi connectivity index (χ0v) is 13.1. The quantitative estimate of drug-likeness (QED) is 0.807. The van der Waals surface area contributed by atoms with Gasteiger partial charge < -0.3 is 9.47 Å². The highest BCUT2D eigenvalue weighted by atomic mass is 16.1. The highest BCUT2D eigenvalue weighted by molar-refractivity contribution is 5.79. The molecule has 0 atom stereocenters. The molecule has 1 aromatic heterocycles. The first kappa shape index (κ1) is 13.5. The van der Waals surface area contributed by atoms with E-state index in [0.717, 1.165) is 37.1 Å². The summed E-state index contributed by atoms with van der Waals surface area (Å²) < 4.78 is 1.72. The summed E-state index contributed by atoms with van der Waals surface area (Å²) in [5, 5.41) is 0. The van der Waals surface area contributed by atoms with E-state index in [0.29, 0.717) is 0 Å². The van der Waals surface area contributed by atoms with Crippen molar-refractivity contribution in [2.24, 2.45) is 7.05 Å². The maximum absolute atomic E-state index is 12.2. The Kier molecular flexibility index (Phi) is 3.05. The predicted octanol–water partition coefficient (Wildman–Crippen LogP) is 2.61. The van der Waals surface area contributed by atoms with Gasteiger partial charge in [-0.2, -0.15) is 0 Å². The average molecular weight is 292 g/mol. The number of aryl methyl sites for hydroxylation is 1. The molecule has 0 radical (unpaired) electrons. The van der Waals surface area contributed by atoms with Crippen LogP contribution in [0.2, 0.25) is 0 Å². The van der Waals surface area contributed by atoms with Crippen molar-refractivity contribution in [3.05, 3.63) is 63.1 Å². The van der Waals surface area contributed by atoms with Gasteiger partial charge in [-0.05, 0) is 42.1 Å². The molecule has 1 aliphatic heterocycles. The van der Waals surface area contributed by atoms with Gasteiger partial charge in [-0.1, -0.05) is 30.4 Å². The highest BCUT2D eigenvalue weighted by Crippen LogP contribution is 2.31. The van der Waals surface area contributed by atoms with Crippen LogP contribution in [0.3, 0.4) is 0 Å². The van der Waals surface area contributed by atoms with Crippen LogP contribution >= 0.6 is 0 Å². The highest BCUT2D eigenvalue weighted by Gasteiger charge is 2.18. The molecule has 0 saturated carbocycles. The van der Waals surface area contributed by atoms with Gasteiger partial charge in [0.15, 0.2) is 0 Å². The second-order valence-electron chi connectivity index (χ2n) is 6.43. The summed E-state index contributed by atoms with van der Waals surface area (Å²) in [6.45, 7) is 2.14. The fraction of sp³-hybridized carbons (Fsp3) is 0.316. The standard InChI is InChI=1S/C19H20N2O/c1-20-9-8-13-10-14(6-7-15(13)11-20)18-12-21(2)19(22)17-5-3-4-16(17)18/h3-4,6-7,10,12H,5,8-9,11H2,1-2H3. The van der Waals surface area contributed by atoms with E-state index in [1.165, 1.54) is 22.3 Å². The Balaban J connectivity index is 1.87. The van der Waals surface area contributed by atoms with E-state index in [4.69, 9.17) is 0 Å². The van der Waals surface area contributed by atoms with Crippen LogP contribution in [0.4, 0.5) is 0 Å². The lowest BCUT2D eigenvalue weighted by molar-refractivity contribution is 0.313. The Morgan fingerprint density at radius 3 is 2.86 bits per heavy atom. The number of allylic oxidation sites excluding steroid dienone is 1. The first-order valence-electron chi connectivity index (χ1n) is 7.83. The zero-order valence-electron chi connectivity index (χ0n) is 13.1. The Bertz CT molecular complexity index is 845. The summed E-state index contributed by atoms with van der Waals surface area (Å²) in [5.74, 6) is 0. The summed E-state index contributed by atoms with van der Waals surface area (Å²) in [6, 6.07) is 6.76. The van der Waals surface area contributed by atoms with Crippen LogP contribution in [0.1, 0.15) is 22.3 Å². The molecule has 2 aromatic rings. The minimum absolute atomic E-state index is 0.128. The number of pyridine rings is 1. The summed E-state index contributed by atoms with van der Waals surface area (Å²) in [5.41, 5.74) is 7.43. The Hall–Kier alpha value is -2.13. The van der Waals surface area contributed by atoms with E-state index in [9.17, 15) is 4.79 Å². The molecule has 1 aromatic carbocycles.